The molecule has 0 aromatic carbocycles. The second-order valence-corrected chi connectivity index (χ2v) is 6.31. The van der Waals surface area contributed by atoms with Gasteiger partial charge in [-0.25, -0.2) is 9.31 Å². The number of rotatable bonds is 6. The number of fused-ring (bicyclic) bond motifs is 1. The second-order valence-electron chi connectivity index (χ2n) is 6.31. The van der Waals surface area contributed by atoms with Crippen molar-refractivity contribution in [3.05, 3.63) is 12.0 Å². The van der Waals surface area contributed by atoms with E-state index in [0.29, 0.717) is 37.7 Å². The minimum absolute atomic E-state index is 0.0143. The van der Waals surface area contributed by atoms with Gasteiger partial charge < -0.3 is 14.5 Å². The summed E-state index contributed by atoms with van der Waals surface area (Å²) in [7, 11) is 0. The zero-order valence-electron chi connectivity index (χ0n) is 14.2. The molecule has 2 aliphatic heterocycles. The zero-order valence-corrected chi connectivity index (χ0v) is 14.2. The molecule has 2 aromatic rings. The molecule has 2 aromatic heterocycles. The Hall–Kier alpha value is -3.05. The first-order chi connectivity index (χ1) is 12.6. The van der Waals surface area contributed by atoms with Crippen LogP contribution in [-0.4, -0.2) is 83.9 Å². The van der Waals surface area contributed by atoms with Crippen LogP contribution in [0, 0.1) is 6.92 Å². The smallest absolute Gasteiger partial charge is 0.278 e. The maximum absolute atomic E-state index is 12.5. The molecule has 4 heterocycles. The molecule has 4 rings (SSSR count). The molecule has 0 spiro atoms. The van der Waals surface area contributed by atoms with E-state index in [4.69, 9.17) is 4.74 Å². The number of aryl methyl sites for hydroxylation is 1. The summed E-state index contributed by atoms with van der Waals surface area (Å²) in [6, 6.07) is -0.0950. The minimum Gasteiger partial charge on any atom is -0.472 e. The maximum atomic E-state index is 12.5. The highest BCUT2D eigenvalue weighted by Crippen LogP contribution is 2.32. The van der Waals surface area contributed by atoms with Crippen LogP contribution >= 0.6 is 0 Å². The third-order valence-electron chi connectivity index (χ3n) is 4.81. The highest BCUT2D eigenvalue weighted by molar-refractivity contribution is 5.83. The summed E-state index contributed by atoms with van der Waals surface area (Å²) >= 11 is 0. The molecule has 26 heavy (non-hydrogen) atoms. The van der Waals surface area contributed by atoms with Crippen molar-refractivity contribution in [1.82, 2.24) is 40.3 Å². The van der Waals surface area contributed by atoms with Gasteiger partial charge >= 0.3 is 0 Å². The Morgan fingerprint density at radius 3 is 3.00 bits per heavy atom. The van der Waals surface area contributed by atoms with E-state index in [1.807, 2.05) is 0 Å². The highest BCUT2D eigenvalue weighted by atomic mass is 16.6. The number of likely N-dealkylation sites (tertiary alicyclic amines) is 2. The summed E-state index contributed by atoms with van der Waals surface area (Å²) in [5.74, 6) is 0.274. The normalized spacial score (nSPS) is 22.1. The molecule has 12 nitrogen and oxygen atoms in total. The van der Waals surface area contributed by atoms with Crippen molar-refractivity contribution < 1.29 is 19.0 Å². The first kappa shape index (κ1) is 16.4. The lowest BCUT2D eigenvalue weighted by Crippen LogP contribution is -2.42. The van der Waals surface area contributed by atoms with Gasteiger partial charge in [-0.1, -0.05) is 5.16 Å². The molecule has 0 aliphatic carbocycles. The molecule has 12 heteroatoms. The average molecular weight is 362 g/mol. The number of tetrazole rings is 1. The maximum Gasteiger partial charge on any atom is 0.278 e. The Labute approximate surface area is 148 Å². The molecule has 138 valence electrons. The molecule has 2 saturated heterocycles. The predicted octanol–water partition coefficient (Wildman–Crippen LogP) is -1.35. The average Bonchev–Trinajstić information content (AvgIpc) is 3.37. The summed E-state index contributed by atoms with van der Waals surface area (Å²) in [6.07, 6.45) is 2.48. The van der Waals surface area contributed by atoms with E-state index in [1.54, 1.807) is 16.7 Å². The molecule has 2 amide bonds. The van der Waals surface area contributed by atoms with Crippen LogP contribution in [0.15, 0.2) is 11.0 Å². The van der Waals surface area contributed by atoms with Crippen molar-refractivity contribution in [3.8, 4) is 5.88 Å². The number of carbonyl (C=O) groups excluding carboxylic acids is 2. The number of hydrogen-bond donors (Lipinski definition) is 0. The Kier molecular flexibility index (Phi) is 4.22. The molecule has 2 aliphatic rings. The highest BCUT2D eigenvalue weighted by Gasteiger charge is 2.48. The molecule has 0 radical (unpaired) electrons. The fourth-order valence-corrected chi connectivity index (χ4v) is 3.61. The Bertz CT molecular complexity index is 791. The number of amides is 2. The standard InChI is InChI=1S/C14H18N8O4/c1-9-14(17-26-16-9)25-5-4-22-10-2-3-21(11(10)6-12(22)23)13(24)7-20-8-15-18-19-20/h8,10-11H,2-7H2,1H3/t10-,11-/m0/s1. The van der Waals surface area contributed by atoms with Crippen LogP contribution in [0.4, 0.5) is 0 Å². The molecule has 0 saturated carbocycles. The van der Waals surface area contributed by atoms with Crippen LogP contribution in [0.25, 0.3) is 0 Å². The summed E-state index contributed by atoms with van der Waals surface area (Å²) in [4.78, 5) is 28.4. The zero-order chi connectivity index (χ0) is 18.1. The van der Waals surface area contributed by atoms with E-state index < -0.39 is 0 Å². The van der Waals surface area contributed by atoms with E-state index in [9.17, 15) is 9.59 Å². The van der Waals surface area contributed by atoms with Gasteiger partial charge in [0.05, 0.1) is 18.6 Å². The number of aromatic nitrogens is 6. The molecule has 0 bridgehead atoms. The Balaban J connectivity index is 1.34. The van der Waals surface area contributed by atoms with E-state index in [1.165, 1.54) is 11.0 Å². The fraction of sp³-hybridized carbons (Fsp3) is 0.643. The SMILES string of the molecule is Cc1nonc1OCCN1C(=O)C[C@H]2[C@@H]1CCN2C(=O)Cn1cnnn1. The summed E-state index contributed by atoms with van der Waals surface area (Å²) < 4.78 is 11.5. The first-order valence-electron chi connectivity index (χ1n) is 8.35. The lowest BCUT2D eigenvalue weighted by atomic mass is 10.1. The van der Waals surface area contributed by atoms with Crippen LogP contribution in [0.3, 0.4) is 0 Å². The molecule has 0 N–H and O–H groups in total. The van der Waals surface area contributed by atoms with Crippen LogP contribution in [-0.2, 0) is 16.1 Å². The summed E-state index contributed by atoms with van der Waals surface area (Å²) in [5, 5.41) is 18.1. The summed E-state index contributed by atoms with van der Waals surface area (Å²) in [5.41, 5.74) is 0.566. The number of carbonyl (C=O) groups is 2. The van der Waals surface area contributed by atoms with Crippen LogP contribution < -0.4 is 4.74 Å². The molecular weight excluding hydrogens is 344 g/mol. The van der Waals surface area contributed by atoms with E-state index in [0.717, 1.165) is 6.42 Å². The van der Waals surface area contributed by atoms with Gasteiger partial charge in [0.1, 0.15) is 25.2 Å². The lowest BCUT2D eigenvalue weighted by molar-refractivity contribution is -0.133. The van der Waals surface area contributed by atoms with Crippen molar-refractivity contribution in [1.29, 1.82) is 0 Å². The minimum atomic E-state index is -0.109. The van der Waals surface area contributed by atoms with Gasteiger partial charge in [-0.2, -0.15) is 0 Å². The first-order valence-corrected chi connectivity index (χ1v) is 8.35. The van der Waals surface area contributed by atoms with Crippen molar-refractivity contribution in [2.75, 3.05) is 19.7 Å². The quantitative estimate of drug-likeness (QED) is 0.611. The van der Waals surface area contributed by atoms with Gasteiger partial charge in [0.25, 0.3) is 5.88 Å². The van der Waals surface area contributed by atoms with Gasteiger partial charge in [0.15, 0.2) is 0 Å². The van der Waals surface area contributed by atoms with Crippen LogP contribution in [0.1, 0.15) is 18.5 Å². The van der Waals surface area contributed by atoms with Crippen molar-refractivity contribution in [2.45, 2.75) is 38.4 Å². The van der Waals surface area contributed by atoms with Gasteiger partial charge in [-0.05, 0) is 28.9 Å². The van der Waals surface area contributed by atoms with E-state index in [-0.39, 0.29) is 30.4 Å². The van der Waals surface area contributed by atoms with Crippen molar-refractivity contribution in [2.24, 2.45) is 0 Å². The van der Waals surface area contributed by atoms with E-state index in [2.05, 4.69) is 30.5 Å². The third kappa shape index (κ3) is 2.97. The van der Waals surface area contributed by atoms with Crippen LogP contribution in [0.5, 0.6) is 5.88 Å². The number of nitrogens with zero attached hydrogens (tertiary/aromatic N) is 8. The van der Waals surface area contributed by atoms with Crippen molar-refractivity contribution in [3.63, 3.8) is 0 Å². The van der Waals surface area contributed by atoms with E-state index >= 15 is 0 Å². The number of ether oxygens (including phenoxy) is 1. The summed E-state index contributed by atoms with van der Waals surface area (Å²) in [6.45, 7) is 3.15. The van der Waals surface area contributed by atoms with Gasteiger partial charge in [-0.15, -0.1) is 5.10 Å². The second kappa shape index (κ2) is 6.69. The largest absolute Gasteiger partial charge is 0.472 e. The molecule has 0 unspecified atom stereocenters. The third-order valence-corrected chi connectivity index (χ3v) is 4.81. The van der Waals surface area contributed by atoms with Crippen molar-refractivity contribution >= 4 is 11.8 Å². The lowest BCUT2D eigenvalue weighted by Gasteiger charge is -2.25. The Morgan fingerprint density at radius 1 is 1.38 bits per heavy atom. The van der Waals surface area contributed by atoms with Gasteiger partial charge in [0, 0.05) is 13.0 Å². The van der Waals surface area contributed by atoms with Gasteiger partial charge in [0.2, 0.25) is 11.8 Å². The Morgan fingerprint density at radius 2 is 2.27 bits per heavy atom. The molecular formula is C14H18N8O4. The van der Waals surface area contributed by atoms with Gasteiger partial charge in [-0.3, -0.25) is 9.59 Å². The monoisotopic (exact) mass is 362 g/mol. The molecule has 2 fully saturated rings. The predicted molar refractivity (Wildman–Crippen MR) is 82.6 cm³/mol. The fourth-order valence-electron chi connectivity index (χ4n) is 3.61. The molecule has 2 atom stereocenters. The topological polar surface area (TPSA) is 132 Å². The number of hydrogen-bond acceptors (Lipinski definition) is 9. The van der Waals surface area contributed by atoms with Crippen LogP contribution in [0.2, 0.25) is 0 Å².